The fourth-order valence-corrected chi connectivity index (χ4v) is 1.97. The normalized spacial score (nSPS) is 17.1. The van der Waals surface area contributed by atoms with Gasteiger partial charge in [-0.15, -0.1) is 0 Å². The van der Waals surface area contributed by atoms with E-state index in [9.17, 15) is 4.39 Å². The lowest BCUT2D eigenvalue weighted by Gasteiger charge is -2.29. The first-order valence-corrected chi connectivity index (χ1v) is 5.47. The zero-order chi connectivity index (χ0) is 9.97. The van der Waals surface area contributed by atoms with Crippen molar-refractivity contribution in [3.05, 3.63) is 28.5 Å². The molecule has 0 atom stereocenters. The van der Waals surface area contributed by atoms with Crippen molar-refractivity contribution in [2.45, 2.75) is 0 Å². The molecule has 0 amide bonds. The van der Waals surface area contributed by atoms with E-state index in [1.54, 1.807) is 0 Å². The van der Waals surface area contributed by atoms with Crippen LogP contribution in [0.15, 0.2) is 22.7 Å². The van der Waals surface area contributed by atoms with Crippen LogP contribution in [0.1, 0.15) is 0 Å². The van der Waals surface area contributed by atoms with E-state index in [4.69, 9.17) is 0 Å². The van der Waals surface area contributed by atoms with E-state index in [1.807, 2.05) is 12.1 Å². The first kappa shape index (κ1) is 9.93. The lowest BCUT2D eigenvalue weighted by molar-refractivity contribution is 0.587. The van der Waals surface area contributed by atoms with Crippen LogP contribution in [0.2, 0.25) is 0 Å². The standard InChI is InChI=1S/C10H12BrFN2/c11-9-7-8(1-2-10(9)12)14-5-3-13-4-6-14/h1-2,7,13H,3-6H2. The highest BCUT2D eigenvalue weighted by Crippen LogP contribution is 2.23. The molecular weight excluding hydrogens is 247 g/mol. The number of hydrogen-bond acceptors (Lipinski definition) is 2. The molecule has 1 aromatic rings. The maximum absolute atomic E-state index is 13.0. The second kappa shape index (κ2) is 4.28. The Morgan fingerprint density at radius 3 is 2.64 bits per heavy atom. The van der Waals surface area contributed by atoms with Gasteiger partial charge in [0, 0.05) is 31.9 Å². The highest BCUT2D eigenvalue weighted by atomic mass is 79.9. The Kier molecular flexibility index (Phi) is 3.03. The number of nitrogens with zero attached hydrogens (tertiary/aromatic N) is 1. The van der Waals surface area contributed by atoms with Crippen LogP contribution in [0.5, 0.6) is 0 Å². The molecule has 0 saturated carbocycles. The Labute approximate surface area is 91.2 Å². The molecule has 1 N–H and O–H groups in total. The van der Waals surface area contributed by atoms with Crippen LogP contribution in [-0.2, 0) is 0 Å². The van der Waals surface area contributed by atoms with Gasteiger partial charge in [0.15, 0.2) is 0 Å². The summed E-state index contributed by atoms with van der Waals surface area (Å²) in [6.45, 7) is 3.96. The predicted molar refractivity (Wildman–Crippen MR) is 59.2 cm³/mol. The summed E-state index contributed by atoms with van der Waals surface area (Å²) < 4.78 is 13.5. The van der Waals surface area contributed by atoms with Crippen LogP contribution in [0, 0.1) is 5.82 Å². The van der Waals surface area contributed by atoms with E-state index >= 15 is 0 Å². The Hall–Kier alpha value is -0.610. The summed E-state index contributed by atoms with van der Waals surface area (Å²) in [6, 6.07) is 5.16. The Morgan fingerprint density at radius 2 is 2.00 bits per heavy atom. The second-order valence-electron chi connectivity index (χ2n) is 3.34. The molecule has 1 heterocycles. The van der Waals surface area contributed by atoms with Gasteiger partial charge in [0.25, 0.3) is 0 Å². The van der Waals surface area contributed by atoms with Crippen molar-refractivity contribution in [1.29, 1.82) is 0 Å². The number of nitrogens with one attached hydrogen (secondary N) is 1. The van der Waals surface area contributed by atoms with E-state index < -0.39 is 0 Å². The fourth-order valence-electron chi connectivity index (χ4n) is 1.60. The Bertz CT molecular complexity index is 324. The van der Waals surface area contributed by atoms with Gasteiger partial charge in [0.1, 0.15) is 5.82 Å². The Balaban J connectivity index is 2.18. The van der Waals surface area contributed by atoms with Crippen molar-refractivity contribution >= 4 is 21.6 Å². The highest BCUT2D eigenvalue weighted by Gasteiger charge is 2.11. The number of benzene rings is 1. The molecule has 0 unspecified atom stereocenters. The summed E-state index contributed by atoms with van der Waals surface area (Å²) in [5.41, 5.74) is 1.08. The van der Waals surface area contributed by atoms with Crippen molar-refractivity contribution in [3.8, 4) is 0 Å². The predicted octanol–water partition coefficient (Wildman–Crippen LogP) is 2.00. The molecule has 14 heavy (non-hydrogen) atoms. The molecule has 2 nitrogen and oxygen atoms in total. The average molecular weight is 259 g/mol. The Morgan fingerprint density at radius 1 is 1.29 bits per heavy atom. The molecule has 2 rings (SSSR count). The molecule has 1 saturated heterocycles. The number of rotatable bonds is 1. The van der Waals surface area contributed by atoms with Gasteiger partial charge >= 0.3 is 0 Å². The third-order valence-electron chi connectivity index (χ3n) is 2.39. The van der Waals surface area contributed by atoms with E-state index in [-0.39, 0.29) is 5.82 Å². The summed E-state index contributed by atoms with van der Waals surface area (Å²) in [4.78, 5) is 2.25. The smallest absolute Gasteiger partial charge is 0.137 e. The first-order chi connectivity index (χ1) is 6.77. The van der Waals surface area contributed by atoms with Gasteiger partial charge in [-0.25, -0.2) is 4.39 Å². The lowest BCUT2D eigenvalue weighted by Crippen LogP contribution is -2.43. The van der Waals surface area contributed by atoms with Gasteiger partial charge in [0.2, 0.25) is 0 Å². The summed E-state index contributed by atoms with van der Waals surface area (Å²) in [5.74, 6) is -0.205. The minimum absolute atomic E-state index is 0.205. The third kappa shape index (κ3) is 2.07. The molecule has 76 valence electrons. The van der Waals surface area contributed by atoms with E-state index in [0.29, 0.717) is 4.47 Å². The monoisotopic (exact) mass is 258 g/mol. The maximum Gasteiger partial charge on any atom is 0.137 e. The molecule has 1 aliphatic rings. The van der Waals surface area contributed by atoms with Gasteiger partial charge in [-0.1, -0.05) is 0 Å². The molecule has 4 heteroatoms. The van der Waals surface area contributed by atoms with Crippen molar-refractivity contribution in [1.82, 2.24) is 5.32 Å². The number of piperazine rings is 1. The van der Waals surface area contributed by atoms with Gasteiger partial charge in [-0.3, -0.25) is 0 Å². The summed E-state index contributed by atoms with van der Waals surface area (Å²) in [7, 11) is 0. The summed E-state index contributed by atoms with van der Waals surface area (Å²) in [6.07, 6.45) is 0. The molecule has 0 spiro atoms. The molecule has 1 aliphatic heterocycles. The van der Waals surface area contributed by atoms with Gasteiger partial charge in [-0.2, -0.15) is 0 Å². The van der Waals surface area contributed by atoms with E-state index in [1.165, 1.54) is 6.07 Å². The van der Waals surface area contributed by atoms with Gasteiger partial charge in [0.05, 0.1) is 4.47 Å². The number of halogens is 2. The van der Waals surface area contributed by atoms with Crippen LogP contribution in [0.4, 0.5) is 10.1 Å². The zero-order valence-corrected chi connectivity index (χ0v) is 9.35. The molecular formula is C10H12BrFN2. The van der Waals surface area contributed by atoms with Crippen LogP contribution in [0.3, 0.4) is 0 Å². The minimum atomic E-state index is -0.205. The topological polar surface area (TPSA) is 15.3 Å². The molecule has 0 bridgehead atoms. The first-order valence-electron chi connectivity index (χ1n) is 4.68. The molecule has 1 aromatic carbocycles. The van der Waals surface area contributed by atoms with E-state index in [2.05, 4.69) is 26.1 Å². The third-order valence-corrected chi connectivity index (χ3v) is 2.99. The van der Waals surface area contributed by atoms with Crippen molar-refractivity contribution in [2.24, 2.45) is 0 Å². The van der Waals surface area contributed by atoms with Crippen LogP contribution in [-0.4, -0.2) is 26.2 Å². The fraction of sp³-hybridized carbons (Fsp3) is 0.400. The SMILES string of the molecule is Fc1ccc(N2CCNCC2)cc1Br. The largest absolute Gasteiger partial charge is 0.369 e. The molecule has 0 aromatic heterocycles. The number of hydrogen-bond donors (Lipinski definition) is 1. The van der Waals surface area contributed by atoms with Crippen molar-refractivity contribution < 1.29 is 4.39 Å². The second-order valence-corrected chi connectivity index (χ2v) is 4.19. The van der Waals surface area contributed by atoms with E-state index in [0.717, 1.165) is 31.9 Å². The van der Waals surface area contributed by atoms with Crippen molar-refractivity contribution in [2.75, 3.05) is 31.1 Å². The minimum Gasteiger partial charge on any atom is -0.369 e. The lowest BCUT2D eigenvalue weighted by atomic mass is 10.2. The van der Waals surface area contributed by atoms with Gasteiger partial charge in [-0.05, 0) is 34.1 Å². The summed E-state index contributed by atoms with van der Waals surface area (Å²) in [5, 5.41) is 3.28. The van der Waals surface area contributed by atoms with Crippen LogP contribution in [0.25, 0.3) is 0 Å². The zero-order valence-electron chi connectivity index (χ0n) is 7.76. The average Bonchev–Trinajstić information content (AvgIpc) is 2.23. The molecule has 0 aliphatic carbocycles. The molecule has 1 fully saturated rings. The summed E-state index contributed by atoms with van der Waals surface area (Å²) >= 11 is 3.20. The van der Waals surface area contributed by atoms with Gasteiger partial charge < -0.3 is 10.2 Å². The van der Waals surface area contributed by atoms with Crippen molar-refractivity contribution in [3.63, 3.8) is 0 Å². The maximum atomic E-state index is 13.0. The quantitative estimate of drug-likeness (QED) is 0.829. The molecule has 0 radical (unpaired) electrons. The number of anilines is 1. The van der Waals surface area contributed by atoms with Crippen LogP contribution < -0.4 is 10.2 Å². The highest BCUT2D eigenvalue weighted by molar-refractivity contribution is 9.10. The van der Waals surface area contributed by atoms with Crippen LogP contribution >= 0.6 is 15.9 Å².